The van der Waals surface area contributed by atoms with Gasteiger partial charge in [-0.2, -0.15) is 18.3 Å². The Morgan fingerprint density at radius 1 is 1.13 bits per heavy atom. The number of nitrogens with zero attached hydrogens (tertiary/aromatic N) is 6. The number of benzene rings is 1. The number of anilines is 2. The second-order valence-electron chi connectivity index (χ2n) is 7.43. The Kier molecular flexibility index (Phi) is 5.52. The smallest absolute Gasteiger partial charge is 0.353 e. The fraction of sp³-hybridized carbons (Fsp3) is 0.400. The molecular formula is C20H22F3N7O. The molecule has 1 fully saturated rings. The van der Waals surface area contributed by atoms with Gasteiger partial charge in [-0.25, -0.2) is 9.97 Å². The van der Waals surface area contributed by atoms with E-state index in [9.17, 15) is 18.0 Å². The molecule has 8 nitrogen and oxygen atoms in total. The third-order valence-electron chi connectivity index (χ3n) is 5.54. The number of para-hydroxylation sites is 1. The first kappa shape index (κ1) is 21.0. The Bertz CT molecular complexity index is 1090. The van der Waals surface area contributed by atoms with Crippen molar-refractivity contribution in [2.45, 2.75) is 19.1 Å². The Hall–Kier alpha value is -3.21. The number of rotatable bonds is 4. The van der Waals surface area contributed by atoms with E-state index in [0.717, 1.165) is 22.9 Å². The number of fused-ring (bicyclic) bond motifs is 1. The SMILES string of the molecule is C[C@H](C(=O)Nc1ccccc1C(F)(F)F)N1CCN(c2ncnc3c2cnn3C)CC1. The van der Waals surface area contributed by atoms with Crippen LogP contribution in [0.5, 0.6) is 0 Å². The van der Waals surface area contributed by atoms with Crippen molar-refractivity contribution in [2.75, 3.05) is 36.4 Å². The zero-order chi connectivity index (χ0) is 22.2. The van der Waals surface area contributed by atoms with Crippen molar-refractivity contribution >= 4 is 28.4 Å². The van der Waals surface area contributed by atoms with Crippen molar-refractivity contribution in [1.29, 1.82) is 0 Å². The van der Waals surface area contributed by atoms with Crippen molar-refractivity contribution in [3.8, 4) is 0 Å². The molecule has 0 saturated carbocycles. The minimum atomic E-state index is -4.53. The standard InChI is InChI=1S/C20H22F3N7O/c1-13(19(31)27-16-6-4-3-5-15(16)20(21,22)23)29-7-9-30(10-8-29)18-14-11-26-28(2)17(14)24-12-25-18/h3-6,11-13H,7-10H2,1-2H3,(H,27,31)/t13-/m1/s1. The lowest BCUT2D eigenvalue weighted by Gasteiger charge is -2.38. The first-order valence-corrected chi connectivity index (χ1v) is 9.84. The van der Waals surface area contributed by atoms with Crippen LogP contribution < -0.4 is 10.2 Å². The molecule has 4 rings (SSSR count). The summed E-state index contributed by atoms with van der Waals surface area (Å²) < 4.78 is 41.2. The van der Waals surface area contributed by atoms with E-state index in [2.05, 4.69) is 25.3 Å². The molecule has 11 heteroatoms. The van der Waals surface area contributed by atoms with Crippen LogP contribution in [0.2, 0.25) is 0 Å². The van der Waals surface area contributed by atoms with Crippen LogP contribution in [-0.2, 0) is 18.0 Å². The number of aryl methyl sites for hydroxylation is 1. The molecular weight excluding hydrogens is 411 g/mol. The molecule has 1 aliphatic rings. The summed E-state index contributed by atoms with van der Waals surface area (Å²) in [6, 6.07) is 4.41. The third kappa shape index (κ3) is 4.18. The maximum Gasteiger partial charge on any atom is 0.418 e. The number of aromatic nitrogens is 4. The molecule has 1 atom stereocenters. The minimum Gasteiger partial charge on any atom is -0.353 e. The number of hydrogen-bond donors (Lipinski definition) is 1. The van der Waals surface area contributed by atoms with Crippen LogP contribution in [0, 0.1) is 0 Å². The summed E-state index contributed by atoms with van der Waals surface area (Å²) in [5.74, 6) is 0.316. The maximum absolute atomic E-state index is 13.2. The number of carbonyl (C=O) groups excluding carboxylic acids is 1. The molecule has 1 saturated heterocycles. The summed E-state index contributed by atoms with van der Waals surface area (Å²) in [5.41, 5.74) is -0.349. The van der Waals surface area contributed by atoms with Gasteiger partial charge in [-0.1, -0.05) is 12.1 Å². The summed E-state index contributed by atoms with van der Waals surface area (Å²) in [5, 5.41) is 7.52. The lowest BCUT2D eigenvalue weighted by molar-refractivity contribution is -0.137. The first-order chi connectivity index (χ1) is 14.8. The van der Waals surface area contributed by atoms with Crippen molar-refractivity contribution in [1.82, 2.24) is 24.6 Å². The highest BCUT2D eigenvalue weighted by Gasteiger charge is 2.34. The Balaban J connectivity index is 1.42. The molecule has 0 spiro atoms. The average molecular weight is 433 g/mol. The second-order valence-corrected chi connectivity index (χ2v) is 7.43. The van der Waals surface area contributed by atoms with E-state index in [-0.39, 0.29) is 5.69 Å². The largest absolute Gasteiger partial charge is 0.418 e. The van der Waals surface area contributed by atoms with Crippen LogP contribution in [0.3, 0.4) is 0 Å². The highest BCUT2D eigenvalue weighted by molar-refractivity contribution is 5.95. The molecule has 0 unspecified atom stereocenters. The van der Waals surface area contributed by atoms with Gasteiger partial charge in [-0.05, 0) is 19.1 Å². The van der Waals surface area contributed by atoms with E-state index in [1.807, 2.05) is 11.9 Å². The highest BCUT2D eigenvalue weighted by atomic mass is 19.4. The predicted molar refractivity (Wildman–Crippen MR) is 110 cm³/mol. The lowest BCUT2D eigenvalue weighted by Crippen LogP contribution is -2.53. The van der Waals surface area contributed by atoms with Crippen molar-refractivity contribution in [3.05, 3.63) is 42.4 Å². The molecule has 1 amide bonds. The molecule has 0 radical (unpaired) electrons. The van der Waals surface area contributed by atoms with E-state index in [1.54, 1.807) is 17.8 Å². The van der Waals surface area contributed by atoms with Crippen molar-refractivity contribution < 1.29 is 18.0 Å². The van der Waals surface area contributed by atoms with Gasteiger partial charge < -0.3 is 10.2 Å². The van der Waals surface area contributed by atoms with E-state index in [1.165, 1.54) is 24.5 Å². The Morgan fingerprint density at radius 3 is 2.55 bits per heavy atom. The number of halogens is 3. The summed E-state index contributed by atoms with van der Waals surface area (Å²) in [6.45, 7) is 4.09. The number of hydrogen-bond acceptors (Lipinski definition) is 6. The van der Waals surface area contributed by atoms with Crippen LogP contribution >= 0.6 is 0 Å². The number of alkyl halides is 3. The summed E-state index contributed by atoms with van der Waals surface area (Å²) in [7, 11) is 1.81. The third-order valence-corrected chi connectivity index (χ3v) is 5.54. The second kappa shape index (κ2) is 8.14. The van der Waals surface area contributed by atoms with Gasteiger partial charge in [-0.15, -0.1) is 0 Å². The molecule has 31 heavy (non-hydrogen) atoms. The highest BCUT2D eigenvalue weighted by Crippen LogP contribution is 2.34. The van der Waals surface area contributed by atoms with E-state index < -0.39 is 23.7 Å². The van der Waals surface area contributed by atoms with Gasteiger partial charge in [0.25, 0.3) is 0 Å². The van der Waals surface area contributed by atoms with Gasteiger partial charge >= 0.3 is 6.18 Å². The summed E-state index contributed by atoms with van der Waals surface area (Å²) in [6.07, 6.45) is -1.31. The topological polar surface area (TPSA) is 79.2 Å². The van der Waals surface area contributed by atoms with Gasteiger partial charge in [0.2, 0.25) is 5.91 Å². The molecule has 1 aliphatic heterocycles. The van der Waals surface area contributed by atoms with Gasteiger partial charge in [-0.3, -0.25) is 14.4 Å². The van der Waals surface area contributed by atoms with E-state index in [4.69, 9.17) is 0 Å². The molecule has 3 heterocycles. The Morgan fingerprint density at radius 2 is 1.84 bits per heavy atom. The normalized spacial score (nSPS) is 16.5. The fourth-order valence-electron chi connectivity index (χ4n) is 3.77. The Labute approximate surface area is 176 Å². The number of nitrogens with one attached hydrogen (secondary N) is 1. The first-order valence-electron chi connectivity index (χ1n) is 9.84. The van der Waals surface area contributed by atoms with Crippen molar-refractivity contribution in [3.63, 3.8) is 0 Å². The van der Waals surface area contributed by atoms with Gasteiger partial charge in [0, 0.05) is 33.2 Å². The molecule has 164 valence electrons. The minimum absolute atomic E-state index is 0.231. The van der Waals surface area contributed by atoms with Gasteiger partial charge in [0.05, 0.1) is 28.9 Å². The van der Waals surface area contributed by atoms with Crippen LogP contribution in [0.15, 0.2) is 36.8 Å². The average Bonchev–Trinajstić information content (AvgIpc) is 3.14. The van der Waals surface area contributed by atoms with Gasteiger partial charge in [0.1, 0.15) is 12.1 Å². The quantitative estimate of drug-likeness (QED) is 0.681. The van der Waals surface area contributed by atoms with Crippen molar-refractivity contribution in [2.24, 2.45) is 7.05 Å². The summed E-state index contributed by atoms with van der Waals surface area (Å²) in [4.78, 5) is 25.3. The number of amides is 1. The fourth-order valence-corrected chi connectivity index (χ4v) is 3.77. The van der Waals surface area contributed by atoms with Crippen LogP contribution in [-0.4, -0.2) is 62.8 Å². The zero-order valence-electron chi connectivity index (χ0n) is 17.1. The monoisotopic (exact) mass is 433 g/mol. The number of piperazine rings is 1. The molecule has 3 aromatic rings. The van der Waals surface area contributed by atoms with E-state index >= 15 is 0 Å². The molecule has 0 bridgehead atoms. The van der Waals surface area contributed by atoms with Crippen LogP contribution in [0.25, 0.3) is 11.0 Å². The van der Waals surface area contributed by atoms with Crippen LogP contribution in [0.1, 0.15) is 12.5 Å². The summed E-state index contributed by atoms with van der Waals surface area (Å²) >= 11 is 0. The van der Waals surface area contributed by atoms with Gasteiger partial charge in [0.15, 0.2) is 5.65 Å². The zero-order valence-corrected chi connectivity index (χ0v) is 17.1. The van der Waals surface area contributed by atoms with E-state index in [0.29, 0.717) is 26.2 Å². The lowest BCUT2D eigenvalue weighted by atomic mass is 10.1. The number of carbonyl (C=O) groups is 1. The molecule has 1 aromatic carbocycles. The predicted octanol–water partition coefficient (Wildman–Crippen LogP) is 2.53. The van der Waals surface area contributed by atoms with Crippen LogP contribution in [0.4, 0.5) is 24.7 Å². The molecule has 2 aromatic heterocycles. The molecule has 0 aliphatic carbocycles. The maximum atomic E-state index is 13.2. The molecule has 1 N–H and O–H groups in total.